The van der Waals surface area contributed by atoms with E-state index in [4.69, 9.17) is 0 Å². The van der Waals surface area contributed by atoms with E-state index < -0.39 is 40.6 Å². The summed E-state index contributed by atoms with van der Waals surface area (Å²) >= 11 is 0. The third-order valence-electron chi connectivity index (χ3n) is 6.64. The highest BCUT2D eigenvalue weighted by atomic mass is 19.4. The zero-order valence-corrected chi connectivity index (χ0v) is 20.6. The van der Waals surface area contributed by atoms with Gasteiger partial charge in [-0.2, -0.15) is 26.3 Å². The number of benzene rings is 2. The van der Waals surface area contributed by atoms with Crippen molar-refractivity contribution >= 4 is 11.7 Å². The van der Waals surface area contributed by atoms with Gasteiger partial charge in [-0.05, 0) is 23.6 Å². The van der Waals surface area contributed by atoms with Gasteiger partial charge in [0, 0.05) is 24.1 Å². The monoisotopic (exact) mass is 516 g/mol. The third-order valence-corrected chi connectivity index (χ3v) is 6.64. The van der Waals surface area contributed by atoms with E-state index in [1.807, 2.05) is 39.0 Å². The van der Waals surface area contributed by atoms with Crippen molar-refractivity contribution in [1.29, 1.82) is 0 Å². The lowest BCUT2D eigenvalue weighted by Gasteiger charge is -2.41. The first kappa shape index (κ1) is 27.8. The van der Waals surface area contributed by atoms with Gasteiger partial charge >= 0.3 is 18.4 Å². The Hall–Kier alpha value is -2.75. The number of hydrogen-bond donors (Lipinski definition) is 2. The summed E-state index contributed by atoms with van der Waals surface area (Å²) in [6, 6.07) is 9.80. The molecular weight excluding hydrogens is 484 g/mol. The van der Waals surface area contributed by atoms with Crippen LogP contribution in [0.15, 0.2) is 48.5 Å². The molecule has 0 saturated carbocycles. The van der Waals surface area contributed by atoms with Gasteiger partial charge < -0.3 is 15.1 Å². The fourth-order valence-corrected chi connectivity index (χ4v) is 4.66. The van der Waals surface area contributed by atoms with Crippen LogP contribution < -0.4 is 10.6 Å². The van der Waals surface area contributed by atoms with Crippen LogP contribution in [0, 0.1) is 5.41 Å². The molecule has 36 heavy (non-hydrogen) atoms. The van der Waals surface area contributed by atoms with Crippen molar-refractivity contribution in [2.45, 2.75) is 58.6 Å². The average Bonchev–Trinajstić information content (AvgIpc) is 3.20. The van der Waals surface area contributed by atoms with Crippen LogP contribution >= 0.6 is 0 Å². The average molecular weight is 517 g/mol. The van der Waals surface area contributed by atoms with Crippen LogP contribution in [0.4, 0.5) is 36.8 Å². The first-order valence-corrected chi connectivity index (χ1v) is 11.8. The van der Waals surface area contributed by atoms with E-state index in [1.54, 1.807) is 0 Å². The molecule has 1 fully saturated rings. The molecule has 1 aliphatic rings. The Labute approximate surface area is 207 Å². The van der Waals surface area contributed by atoms with Crippen molar-refractivity contribution in [3.63, 3.8) is 0 Å². The van der Waals surface area contributed by atoms with Gasteiger partial charge in [-0.1, -0.05) is 51.1 Å². The predicted octanol–water partition coefficient (Wildman–Crippen LogP) is 7.07. The van der Waals surface area contributed by atoms with Gasteiger partial charge in [0.2, 0.25) is 0 Å². The molecular formula is C26H32F6N3O+. The maximum atomic E-state index is 13.2. The molecule has 0 aliphatic carbocycles. The lowest BCUT2D eigenvalue weighted by atomic mass is 9.85. The van der Waals surface area contributed by atoms with Crippen LogP contribution in [0.3, 0.4) is 0 Å². The zero-order chi connectivity index (χ0) is 26.8. The fourth-order valence-electron chi connectivity index (χ4n) is 4.66. The number of hydrogen-bond acceptors (Lipinski definition) is 1. The number of rotatable bonds is 6. The lowest BCUT2D eigenvalue weighted by Crippen LogP contribution is -2.58. The summed E-state index contributed by atoms with van der Waals surface area (Å²) in [5.74, 6) is 0. The first-order valence-electron chi connectivity index (χ1n) is 11.8. The molecule has 1 saturated heterocycles. The number of likely N-dealkylation sites (tertiary alicyclic amines) is 1. The molecule has 1 atom stereocenters. The quantitative estimate of drug-likeness (QED) is 0.313. The predicted molar refractivity (Wildman–Crippen MR) is 126 cm³/mol. The maximum absolute atomic E-state index is 13.2. The molecule has 3 rings (SSSR count). The number of nitrogens with zero attached hydrogens (tertiary/aromatic N) is 1. The van der Waals surface area contributed by atoms with Crippen LogP contribution in [-0.4, -0.2) is 36.2 Å². The summed E-state index contributed by atoms with van der Waals surface area (Å²) < 4.78 is 79.9. The minimum Gasteiger partial charge on any atom is -0.329 e. The molecule has 2 amide bonds. The summed E-state index contributed by atoms with van der Waals surface area (Å²) in [6.07, 6.45) is -7.90. The summed E-state index contributed by atoms with van der Waals surface area (Å²) in [6.45, 7) is 9.04. The Balaban J connectivity index is 1.81. The van der Waals surface area contributed by atoms with Gasteiger partial charge in [-0.15, -0.1) is 0 Å². The number of amides is 2. The molecule has 4 nitrogen and oxygen atoms in total. The second-order valence-corrected chi connectivity index (χ2v) is 10.6. The molecule has 0 unspecified atom stereocenters. The van der Waals surface area contributed by atoms with Crippen molar-refractivity contribution in [2.24, 2.45) is 5.41 Å². The number of carbonyl (C=O) groups excluding carboxylic acids is 1. The summed E-state index contributed by atoms with van der Waals surface area (Å²) in [7, 11) is 0. The van der Waals surface area contributed by atoms with Gasteiger partial charge in [0.05, 0.1) is 30.3 Å². The molecule has 0 bridgehead atoms. The number of carbonyl (C=O) groups is 1. The summed E-state index contributed by atoms with van der Waals surface area (Å²) in [5.41, 5.74) is -2.78. The van der Waals surface area contributed by atoms with E-state index in [1.165, 1.54) is 5.56 Å². The van der Waals surface area contributed by atoms with Gasteiger partial charge in [0.1, 0.15) is 13.1 Å². The van der Waals surface area contributed by atoms with E-state index >= 15 is 0 Å². The highest BCUT2D eigenvalue weighted by Gasteiger charge is 2.40. The lowest BCUT2D eigenvalue weighted by molar-refractivity contribution is -0.931. The molecule has 2 aromatic carbocycles. The van der Waals surface area contributed by atoms with Crippen molar-refractivity contribution in [3.05, 3.63) is 65.2 Å². The third kappa shape index (κ3) is 7.38. The van der Waals surface area contributed by atoms with Gasteiger partial charge in [-0.3, -0.25) is 0 Å². The van der Waals surface area contributed by atoms with Gasteiger partial charge in [0.15, 0.2) is 0 Å². The number of quaternary nitrogens is 1. The van der Waals surface area contributed by atoms with Crippen molar-refractivity contribution < 1.29 is 35.6 Å². The molecule has 1 heterocycles. The molecule has 2 aromatic rings. The highest BCUT2D eigenvalue weighted by Crippen LogP contribution is 2.37. The largest absolute Gasteiger partial charge is 0.416 e. The van der Waals surface area contributed by atoms with Crippen LogP contribution in [0.2, 0.25) is 0 Å². The summed E-state index contributed by atoms with van der Waals surface area (Å²) in [4.78, 5) is 12.8. The Bertz CT molecular complexity index is 1010. The van der Waals surface area contributed by atoms with Crippen LogP contribution in [0.5, 0.6) is 0 Å². The fraction of sp³-hybridized carbons (Fsp3) is 0.500. The highest BCUT2D eigenvalue weighted by molar-refractivity contribution is 5.89. The SMILES string of the molecule is CC(C)(C)[C@@H](C[N+]1(Cc2ccccc2)CCCC1)NC(=O)Nc1cc(C(F)(F)F)cc(C(F)(F)F)c1. The summed E-state index contributed by atoms with van der Waals surface area (Å²) in [5, 5.41) is 5.03. The smallest absolute Gasteiger partial charge is 0.329 e. The van der Waals surface area contributed by atoms with Crippen LogP contribution in [0.25, 0.3) is 0 Å². The van der Waals surface area contributed by atoms with E-state index in [2.05, 4.69) is 22.8 Å². The van der Waals surface area contributed by atoms with E-state index in [0.717, 1.165) is 37.0 Å². The number of nitrogens with one attached hydrogen (secondary N) is 2. The second kappa shape index (κ2) is 10.3. The minimum atomic E-state index is -4.99. The molecule has 2 N–H and O–H groups in total. The first-order chi connectivity index (χ1) is 16.6. The van der Waals surface area contributed by atoms with Gasteiger partial charge in [-0.25, -0.2) is 4.79 Å². The molecule has 0 spiro atoms. The zero-order valence-electron chi connectivity index (χ0n) is 20.6. The van der Waals surface area contributed by atoms with E-state index in [-0.39, 0.29) is 12.1 Å². The van der Waals surface area contributed by atoms with Crippen LogP contribution in [0.1, 0.15) is 50.3 Å². The van der Waals surface area contributed by atoms with E-state index in [0.29, 0.717) is 18.7 Å². The topological polar surface area (TPSA) is 41.1 Å². The van der Waals surface area contributed by atoms with Crippen molar-refractivity contribution in [3.8, 4) is 0 Å². The van der Waals surface area contributed by atoms with E-state index in [9.17, 15) is 31.1 Å². The molecule has 198 valence electrons. The Morgan fingerprint density at radius 1 is 0.889 bits per heavy atom. The molecule has 1 aliphatic heterocycles. The number of anilines is 1. The van der Waals surface area contributed by atoms with Crippen molar-refractivity contribution in [2.75, 3.05) is 25.0 Å². The molecule has 0 radical (unpaired) electrons. The van der Waals surface area contributed by atoms with Crippen molar-refractivity contribution in [1.82, 2.24) is 5.32 Å². The molecule has 10 heteroatoms. The number of halogens is 6. The minimum absolute atomic E-state index is 0.0337. The molecule has 0 aromatic heterocycles. The standard InChI is InChI=1S/C26H31F6N3O/c1-24(2,3)22(17-35(11-7-8-12-35)16-18-9-5-4-6-10-18)34-23(36)33-21-14-19(25(27,28)29)13-20(15-21)26(30,31)32/h4-6,9-10,13-15,22H,7-8,11-12,16-17H2,1-3H3,(H-,33,34,36)/p+1/t22-/m1/s1. The number of urea groups is 1. The van der Waals surface area contributed by atoms with Gasteiger partial charge in [0.25, 0.3) is 0 Å². The second-order valence-electron chi connectivity index (χ2n) is 10.6. The Morgan fingerprint density at radius 3 is 1.89 bits per heavy atom. The Morgan fingerprint density at radius 2 is 1.42 bits per heavy atom. The maximum Gasteiger partial charge on any atom is 0.416 e. The number of alkyl halides is 6. The Kier molecular flexibility index (Phi) is 7.98. The normalized spacial score (nSPS) is 17.0. The van der Waals surface area contributed by atoms with Crippen LogP contribution in [-0.2, 0) is 18.9 Å².